The van der Waals surface area contributed by atoms with E-state index in [0.29, 0.717) is 6.04 Å². The van der Waals surface area contributed by atoms with Crippen LogP contribution in [0.4, 0.5) is 0 Å². The molecule has 0 amide bonds. The Bertz CT molecular complexity index is 518. The van der Waals surface area contributed by atoms with Crippen molar-refractivity contribution in [3.8, 4) is 0 Å². The standard InChI is InChI=1S/C14H16BrNO/c1-8-3-6-11(15)10-7-12(17-14(8)10)13(16-2)9-4-5-9/h3,6-7,9,13,16H,4-5H2,1-2H3. The molecule has 1 aromatic heterocycles. The second-order valence-corrected chi connectivity index (χ2v) is 5.71. The first-order valence-corrected chi connectivity index (χ1v) is 6.86. The first kappa shape index (κ1) is 11.3. The third kappa shape index (κ3) is 1.91. The largest absolute Gasteiger partial charge is 0.459 e. The van der Waals surface area contributed by atoms with Crippen LogP contribution in [0.5, 0.6) is 0 Å². The van der Waals surface area contributed by atoms with Crippen molar-refractivity contribution in [2.24, 2.45) is 5.92 Å². The van der Waals surface area contributed by atoms with Crippen molar-refractivity contribution in [1.29, 1.82) is 0 Å². The number of furan rings is 1. The SMILES string of the molecule is CNC(c1cc2c(Br)ccc(C)c2o1)C1CC1. The van der Waals surface area contributed by atoms with E-state index in [2.05, 4.69) is 46.4 Å². The Morgan fingerprint density at radius 3 is 2.76 bits per heavy atom. The van der Waals surface area contributed by atoms with Crippen LogP contribution in [0.3, 0.4) is 0 Å². The number of hydrogen-bond donors (Lipinski definition) is 1. The van der Waals surface area contributed by atoms with Gasteiger partial charge < -0.3 is 9.73 Å². The van der Waals surface area contributed by atoms with Gasteiger partial charge in [0.1, 0.15) is 11.3 Å². The average Bonchev–Trinajstić information content (AvgIpc) is 3.03. The molecule has 0 saturated heterocycles. The van der Waals surface area contributed by atoms with Gasteiger partial charge in [0, 0.05) is 9.86 Å². The zero-order chi connectivity index (χ0) is 12.0. The van der Waals surface area contributed by atoms with Crippen molar-refractivity contribution in [3.05, 3.63) is 34.0 Å². The van der Waals surface area contributed by atoms with Gasteiger partial charge in [0.25, 0.3) is 0 Å². The summed E-state index contributed by atoms with van der Waals surface area (Å²) in [4.78, 5) is 0. The molecule has 1 atom stereocenters. The molecule has 0 radical (unpaired) electrons. The van der Waals surface area contributed by atoms with Gasteiger partial charge >= 0.3 is 0 Å². The molecule has 3 rings (SSSR count). The van der Waals surface area contributed by atoms with Crippen LogP contribution < -0.4 is 5.32 Å². The molecule has 2 nitrogen and oxygen atoms in total. The second kappa shape index (κ2) is 4.14. The van der Waals surface area contributed by atoms with Crippen LogP contribution in [0.25, 0.3) is 11.0 Å². The lowest BCUT2D eigenvalue weighted by Gasteiger charge is -2.11. The van der Waals surface area contributed by atoms with Crippen molar-refractivity contribution in [1.82, 2.24) is 5.32 Å². The smallest absolute Gasteiger partial charge is 0.138 e. The molecule has 1 aromatic carbocycles. The Kier molecular flexibility index (Phi) is 2.75. The molecule has 0 aliphatic heterocycles. The van der Waals surface area contributed by atoms with Gasteiger partial charge in [0.2, 0.25) is 0 Å². The Balaban J connectivity index is 2.12. The molecule has 1 saturated carbocycles. The highest BCUT2D eigenvalue weighted by molar-refractivity contribution is 9.10. The lowest BCUT2D eigenvalue weighted by molar-refractivity contribution is 0.419. The molecule has 1 heterocycles. The van der Waals surface area contributed by atoms with Crippen LogP contribution in [-0.2, 0) is 0 Å². The average molecular weight is 294 g/mol. The predicted octanol–water partition coefficient (Wildman–Crippen LogP) is 4.17. The van der Waals surface area contributed by atoms with Gasteiger partial charge in [-0.15, -0.1) is 0 Å². The summed E-state index contributed by atoms with van der Waals surface area (Å²) >= 11 is 3.59. The third-order valence-electron chi connectivity index (χ3n) is 3.56. The summed E-state index contributed by atoms with van der Waals surface area (Å²) < 4.78 is 7.15. The van der Waals surface area contributed by atoms with Gasteiger partial charge in [-0.25, -0.2) is 0 Å². The van der Waals surface area contributed by atoms with E-state index in [-0.39, 0.29) is 0 Å². The van der Waals surface area contributed by atoms with Gasteiger partial charge in [-0.2, -0.15) is 0 Å². The first-order chi connectivity index (χ1) is 8.20. The lowest BCUT2D eigenvalue weighted by Crippen LogP contribution is -2.17. The van der Waals surface area contributed by atoms with Crippen molar-refractivity contribution in [3.63, 3.8) is 0 Å². The minimum atomic E-state index is 0.369. The van der Waals surface area contributed by atoms with Crippen LogP contribution in [0.2, 0.25) is 0 Å². The summed E-state index contributed by atoms with van der Waals surface area (Å²) in [6.07, 6.45) is 2.62. The van der Waals surface area contributed by atoms with E-state index in [1.807, 2.05) is 7.05 Å². The monoisotopic (exact) mass is 293 g/mol. The molecule has 1 aliphatic rings. The molecule has 17 heavy (non-hydrogen) atoms. The Hall–Kier alpha value is -0.800. The topological polar surface area (TPSA) is 25.2 Å². The number of benzene rings is 1. The zero-order valence-corrected chi connectivity index (χ0v) is 11.7. The van der Waals surface area contributed by atoms with Gasteiger partial charge in [-0.3, -0.25) is 0 Å². The highest BCUT2D eigenvalue weighted by atomic mass is 79.9. The maximum absolute atomic E-state index is 6.04. The number of nitrogens with one attached hydrogen (secondary N) is 1. The number of aryl methyl sites for hydroxylation is 1. The predicted molar refractivity (Wildman–Crippen MR) is 73.2 cm³/mol. The number of fused-ring (bicyclic) bond motifs is 1. The van der Waals surface area contributed by atoms with Crippen LogP contribution in [-0.4, -0.2) is 7.05 Å². The summed E-state index contributed by atoms with van der Waals surface area (Å²) in [5, 5.41) is 4.55. The minimum absolute atomic E-state index is 0.369. The second-order valence-electron chi connectivity index (χ2n) is 4.86. The van der Waals surface area contributed by atoms with E-state index < -0.39 is 0 Å². The quantitative estimate of drug-likeness (QED) is 0.919. The van der Waals surface area contributed by atoms with Gasteiger partial charge in [-0.1, -0.05) is 22.0 Å². The third-order valence-corrected chi connectivity index (χ3v) is 4.25. The summed E-state index contributed by atoms with van der Waals surface area (Å²) in [6, 6.07) is 6.72. The molecule has 0 spiro atoms. The van der Waals surface area contributed by atoms with Gasteiger partial charge in [0.15, 0.2) is 0 Å². The molecule has 1 aliphatic carbocycles. The fourth-order valence-corrected chi connectivity index (χ4v) is 2.86. The highest BCUT2D eigenvalue weighted by Gasteiger charge is 2.33. The number of rotatable bonds is 3. The fraction of sp³-hybridized carbons (Fsp3) is 0.429. The van der Waals surface area contributed by atoms with Crippen molar-refractivity contribution < 1.29 is 4.42 Å². The van der Waals surface area contributed by atoms with Crippen molar-refractivity contribution >= 4 is 26.9 Å². The zero-order valence-electron chi connectivity index (χ0n) is 10.1. The molecule has 1 unspecified atom stereocenters. The molecule has 3 heteroatoms. The lowest BCUT2D eigenvalue weighted by atomic mass is 10.1. The fourth-order valence-electron chi connectivity index (χ4n) is 2.44. The van der Waals surface area contributed by atoms with E-state index in [1.54, 1.807) is 0 Å². The summed E-state index contributed by atoms with van der Waals surface area (Å²) in [5.41, 5.74) is 2.20. The Morgan fingerprint density at radius 1 is 1.41 bits per heavy atom. The van der Waals surface area contributed by atoms with Crippen LogP contribution >= 0.6 is 15.9 Å². The van der Waals surface area contributed by atoms with Crippen LogP contribution in [0.1, 0.15) is 30.2 Å². The first-order valence-electron chi connectivity index (χ1n) is 6.06. The summed E-state index contributed by atoms with van der Waals surface area (Å²) in [6.45, 7) is 2.09. The van der Waals surface area contributed by atoms with Gasteiger partial charge in [0.05, 0.1) is 6.04 Å². The molecule has 1 N–H and O–H groups in total. The summed E-state index contributed by atoms with van der Waals surface area (Å²) in [7, 11) is 2.01. The van der Waals surface area contributed by atoms with E-state index in [4.69, 9.17) is 4.42 Å². The van der Waals surface area contributed by atoms with Crippen molar-refractivity contribution in [2.75, 3.05) is 7.05 Å². The number of hydrogen-bond acceptors (Lipinski definition) is 2. The van der Waals surface area contributed by atoms with E-state index >= 15 is 0 Å². The van der Waals surface area contributed by atoms with E-state index in [9.17, 15) is 0 Å². The summed E-state index contributed by atoms with van der Waals surface area (Å²) in [5.74, 6) is 1.82. The van der Waals surface area contributed by atoms with E-state index in [0.717, 1.165) is 21.7 Å². The van der Waals surface area contributed by atoms with Crippen LogP contribution in [0.15, 0.2) is 27.1 Å². The van der Waals surface area contributed by atoms with Gasteiger partial charge in [-0.05, 0) is 50.4 Å². The minimum Gasteiger partial charge on any atom is -0.459 e. The Labute approximate surface area is 110 Å². The molecular formula is C14H16BrNO. The highest BCUT2D eigenvalue weighted by Crippen LogP contribution is 2.43. The molecule has 0 bridgehead atoms. The normalized spacial score (nSPS) is 17.6. The van der Waals surface area contributed by atoms with E-state index in [1.165, 1.54) is 23.8 Å². The molecule has 90 valence electrons. The maximum atomic E-state index is 6.04. The molecule has 2 aromatic rings. The maximum Gasteiger partial charge on any atom is 0.138 e. The Morgan fingerprint density at radius 2 is 2.18 bits per heavy atom. The number of halogens is 1. The van der Waals surface area contributed by atoms with Crippen molar-refractivity contribution in [2.45, 2.75) is 25.8 Å². The molecular weight excluding hydrogens is 278 g/mol. The van der Waals surface area contributed by atoms with Crippen LogP contribution in [0, 0.1) is 12.8 Å². The molecule has 1 fully saturated rings.